The molecular weight excluding hydrogens is 789 g/mol. The normalized spacial score (nSPS) is 19.7. The minimum Gasteiger partial charge on any atom is -0.348 e. The standard InChI is InChI=1S/C16H18N4O4.C15H20O5S.C8H6N4O2/c21-20(22)14-11-19(18-15(14)13-3-1-2-8-17-13)12-4-6-16(7-5-12)23-9-10-24-16;1-12-2-4-14(5-3-12)21(16,17)20-13-6-8-15(9-7-13)18-10-11-19-15;13-12(14)7-5-10-11-8(7)6-3-1-2-4-9-6/h1-3,8,11-12H,4-7,9-10H2;2-5,13H,6-11H2,1H3;1-5H,(H,10,11). The van der Waals surface area contributed by atoms with Crippen LogP contribution in [0.1, 0.15) is 63.0 Å². The van der Waals surface area contributed by atoms with Crippen molar-refractivity contribution in [2.75, 3.05) is 26.4 Å². The number of nitro groups is 2. The summed E-state index contributed by atoms with van der Waals surface area (Å²) in [6, 6.07) is 17.3. The number of aryl methyl sites for hydroxylation is 1. The number of ether oxygens (including phenoxy) is 4. The van der Waals surface area contributed by atoms with Crippen LogP contribution in [-0.2, 0) is 33.2 Å². The maximum atomic E-state index is 12.2. The van der Waals surface area contributed by atoms with Gasteiger partial charge in [-0.2, -0.15) is 18.6 Å². The van der Waals surface area contributed by atoms with Crippen LogP contribution in [0.4, 0.5) is 11.4 Å². The number of nitrogens with zero attached hydrogens (tertiary/aromatic N) is 7. The van der Waals surface area contributed by atoms with Gasteiger partial charge in [-0.05, 0) is 69.0 Å². The molecule has 1 N–H and O–H groups in total. The van der Waals surface area contributed by atoms with Crippen molar-refractivity contribution in [3.05, 3.63) is 111 Å². The van der Waals surface area contributed by atoms with E-state index in [9.17, 15) is 28.6 Å². The predicted octanol–water partition coefficient (Wildman–Crippen LogP) is 6.48. The monoisotopic (exact) mass is 832 g/mol. The molecule has 59 heavy (non-hydrogen) atoms. The quantitative estimate of drug-likeness (QED) is 0.100. The van der Waals surface area contributed by atoms with Crippen LogP contribution in [0.3, 0.4) is 0 Å². The van der Waals surface area contributed by atoms with E-state index in [1.807, 2.05) is 6.92 Å². The summed E-state index contributed by atoms with van der Waals surface area (Å²) in [5.74, 6) is -0.938. The molecule has 0 bridgehead atoms. The van der Waals surface area contributed by atoms with E-state index < -0.39 is 31.5 Å². The Kier molecular flexibility index (Phi) is 12.8. The van der Waals surface area contributed by atoms with Gasteiger partial charge in [-0.15, -0.1) is 0 Å². The van der Waals surface area contributed by atoms with E-state index >= 15 is 0 Å². The van der Waals surface area contributed by atoms with E-state index in [0.717, 1.165) is 31.2 Å². The highest BCUT2D eigenvalue weighted by Gasteiger charge is 2.43. The highest BCUT2D eigenvalue weighted by Crippen LogP contribution is 2.41. The molecule has 6 heterocycles. The van der Waals surface area contributed by atoms with Gasteiger partial charge in [-0.25, -0.2) is 0 Å². The first-order valence-electron chi connectivity index (χ1n) is 19.2. The number of hydrogen-bond acceptors (Lipinski definition) is 15. The lowest BCUT2D eigenvalue weighted by atomic mass is 9.90. The highest BCUT2D eigenvalue weighted by molar-refractivity contribution is 7.86. The minimum absolute atomic E-state index is 0.0117. The van der Waals surface area contributed by atoms with Crippen molar-refractivity contribution in [2.45, 2.75) is 86.9 Å². The number of pyridine rings is 2. The van der Waals surface area contributed by atoms with Crippen molar-refractivity contribution in [3.8, 4) is 22.8 Å². The summed E-state index contributed by atoms with van der Waals surface area (Å²) in [5, 5.41) is 32.6. The van der Waals surface area contributed by atoms with Crippen LogP contribution in [0, 0.1) is 27.2 Å². The SMILES string of the molecule is Cc1ccc(S(=O)(=O)OC2CCC3(CC2)OCCO3)cc1.O=[N+]([O-])c1cn(C2CCC3(CC2)OCCO3)nc1-c1ccccn1.O=[N+]([O-])c1cn[nH]c1-c1ccccn1. The van der Waals surface area contributed by atoms with Gasteiger partial charge < -0.3 is 18.9 Å². The number of H-pyrrole nitrogens is 1. The fourth-order valence-electron chi connectivity index (χ4n) is 7.45. The molecule has 312 valence electrons. The summed E-state index contributed by atoms with van der Waals surface area (Å²) in [6.45, 7) is 4.43. The van der Waals surface area contributed by atoms with Gasteiger partial charge in [0, 0.05) is 38.1 Å². The first-order chi connectivity index (χ1) is 28.4. The van der Waals surface area contributed by atoms with E-state index in [-0.39, 0.29) is 28.4 Å². The summed E-state index contributed by atoms with van der Waals surface area (Å²) in [7, 11) is -3.69. The van der Waals surface area contributed by atoms with Gasteiger partial charge in [0.25, 0.3) is 10.1 Å². The minimum atomic E-state index is -3.69. The Balaban J connectivity index is 0.000000139. The zero-order valence-electron chi connectivity index (χ0n) is 32.3. The fraction of sp³-hybridized carbons (Fsp3) is 0.436. The second-order valence-electron chi connectivity index (χ2n) is 14.4. The van der Waals surface area contributed by atoms with Crippen molar-refractivity contribution >= 4 is 21.5 Å². The summed E-state index contributed by atoms with van der Waals surface area (Å²) in [5.41, 5.74) is 2.61. The second-order valence-corrected chi connectivity index (χ2v) is 16.0. The van der Waals surface area contributed by atoms with Crippen molar-refractivity contribution in [1.29, 1.82) is 0 Å². The summed E-state index contributed by atoms with van der Waals surface area (Å²) in [4.78, 5) is 29.4. The molecular formula is C39H44N8O11S. The van der Waals surface area contributed by atoms with Gasteiger partial charge in [0.05, 0.1) is 64.7 Å². The van der Waals surface area contributed by atoms with Gasteiger partial charge in [0.1, 0.15) is 12.4 Å². The summed E-state index contributed by atoms with van der Waals surface area (Å²) >= 11 is 0. The Morgan fingerprint density at radius 3 is 1.83 bits per heavy atom. The molecule has 0 radical (unpaired) electrons. The van der Waals surface area contributed by atoms with Crippen LogP contribution >= 0.6 is 0 Å². The molecule has 0 unspecified atom stereocenters. The van der Waals surface area contributed by atoms with Crippen molar-refractivity contribution in [3.63, 3.8) is 0 Å². The summed E-state index contributed by atoms with van der Waals surface area (Å²) < 4.78 is 54.3. The Hall–Kier alpha value is -5.51. The van der Waals surface area contributed by atoms with Gasteiger partial charge in [-0.3, -0.25) is 44.2 Å². The molecule has 0 amide bonds. The Morgan fingerprint density at radius 2 is 1.31 bits per heavy atom. The first-order valence-corrected chi connectivity index (χ1v) is 20.7. The Labute approximate surface area is 339 Å². The number of rotatable bonds is 8. The molecule has 2 saturated heterocycles. The lowest BCUT2D eigenvalue weighted by molar-refractivity contribution is -0.384. The molecule has 19 nitrogen and oxygen atoms in total. The van der Waals surface area contributed by atoms with Crippen molar-refractivity contribution in [2.24, 2.45) is 0 Å². The average Bonchev–Trinajstić information content (AvgIpc) is 4.09. The highest BCUT2D eigenvalue weighted by atomic mass is 32.2. The number of aromatic nitrogens is 6. The van der Waals surface area contributed by atoms with Gasteiger partial charge in [0.2, 0.25) is 0 Å². The molecule has 2 saturated carbocycles. The van der Waals surface area contributed by atoms with Crippen LogP contribution < -0.4 is 0 Å². The zero-order valence-corrected chi connectivity index (χ0v) is 33.1. The van der Waals surface area contributed by atoms with Crippen molar-refractivity contribution in [1.82, 2.24) is 29.9 Å². The van der Waals surface area contributed by atoms with Crippen LogP contribution in [-0.4, -0.2) is 92.3 Å². The molecule has 4 aromatic heterocycles. The Bertz CT molecular complexity index is 2280. The molecule has 9 rings (SSSR count). The molecule has 2 aliphatic heterocycles. The van der Waals surface area contributed by atoms with Crippen LogP contribution in [0.15, 0.2) is 90.3 Å². The molecule has 2 aliphatic carbocycles. The van der Waals surface area contributed by atoms with Gasteiger partial charge in [0.15, 0.2) is 23.0 Å². The second kappa shape index (κ2) is 18.2. The van der Waals surface area contributed by atoms with E-state index in [1.165, 1.54) is 12.4 Å². The first kappa shape index (κ1) is 41.6. The maximum Gasteiger partial charge on any atom is 0.316 e. The third-order valence-electron chi connectivity index (χ3n) is 10.5. The van der Waals surface area contributed by atoms with Crippen molar-refractivity contribution < 1.29 is 41.4 Å². The fourth-order valence-corrected chi connectivity index (χ4v) is 8.58. The average molecular weight is 833 g/mol. The number of aromatic amines is 1. The topological polar surface area (TPSA) is 239 Å². The lowest BCUT2D eigenvalue weighted by Gasteiger charge is -2.35. The molecule has 4 aliphatic rings. The smallest absolute Gasteiger partial charge is 0.316 e. The largest absolute Gasteiger partial charge is 0.348 e. The third kappa shape index (κ3) is 10.0. The van der Waals surface area contributed by atoms with Gasteiger partial charge >= 0.3 is 11.4 Å². The molecule has 5 aromatic rings. The molecule has 4 fully saturated rings. The molecule has 20 heteroatoms. The van der Waals surface area contributed by atoms with E-state index in [0.29, 0.717) is 74.9 Å². The van der Waals surface area contributed by atoms with Crippen LogP contribution in [0.2, 0.25) is 0 Å². The van der Waals surface area contributed by atoms with E-state index in [4.69, 9.17) is 23.1 Å². The number of nitrogens with one attached hydrogen (secondary N) is 1. The zero-order chi connectivity index (χ0) is 41.5. The molecule has 0 atom stereocenters. The van der Waals surface area contributed by atoms with E-state index in [2.05, 4.69) is 25.3 Å². The summed E-state index contributed by atoms with van der Waals surface area (Å²) in [6.07, 6.45) is 11.4. The van der Waals surface area contributed by atoms with Gasteiger partial charge in [-0.1, -0.05) is 29.8 Å². The number of hydrogen-bond donors (Lipinski definition) is 1. The Morgan fingerprint density at radius 1 is 0.763 bits per heavy atom. The molecule has 1 aromatic carbocycles. The van der Waals surface area contributed by atoms with Crippen LogP contribution in [0.25, 0.3) is 22.8 Å². The predicted molar refractivity (Wildman–Crippen MR) is 209 cm³/mol. The number of benzene rings is 1. The maximum absolute atomic E-state index is 12.2. The van der Waals surface area contributed by atoms with Crippen LogP contribution in [0.5, 0.6) is 0 Å². The lowest BCUT2D eigenvalue weighted by Crippen LogP contribution is -2.38. The molecule has 2 spiro atoms. The van der Waals surface area contributed by atoms with E-state index in [1.54, 1.807) is 77.7 Å². The third-order valence-corrected chi connectivity index (χ3v) is 11.9.